The van der Waals surface area contributed by atoms with Crippen LogP contribution in [0.3, 0.4) is 0 Å². The number of hydrogen-bond acceptors (Lipinski definition) is 3. The van der Waals surface area contributed by atoms with Crippen molar-refractivity contribution < 1.29 is 22.0 Å². The van der Waals surface area contributed by atoms with Gasteiger partial charge in [-0.05, 0) is 25.5 Å². The van der Waals surface area contributed by atoms with Crippen LogP contribution in [0.5, 0.6) is 0 Å². The zero-order valence-electron chi connectivity index (χ0n) is 10.6. The van der Waals surface area contributed by atoms with Crippen LogP contribution in [0.1, 0.15) is 18.1 Å². The Labute approximate surface area is 112 Å². The average molecular weight is 283 g/mol. The van der Waals surface area contributed by atoms with Crippen molar-refractivity contribution in [2.24, 2.45) is 5.73 Å². The van der Waals surface area contributed by atoms with Crippen LogP contribution >= 0.6 is 0 Å². The Morgan fingerprint density at radius 2 is 1.70 bits per heavy atom. The first-order valence-corrected chi connectivity index (χ1v) is 6.11. The van der Waals surface area contributed by atoms with Gasteiger partial charge in [-0.2, -0.15) is 13.2 Å². The summed E-state index contributed by atoms with van der Waals surface area (Å²) < 4.78 is 50.2. The fraction of sp³-hybridized carbons (Fsp3) is 0.286. The van der Waals surface area contributed by atoms with Gasteiger partial charge in [-0.3, -0.25) is 0 Å². The van der Waals surface area contributed by atoms with Gasteiger partial charge in [0.25, 0.3) is 0 Å². The van der Waals surface area contributed by atoms with E-state index in [9.17, 15) is 13.2 Å². The molecule has 0 aliphatic rings. The fourth-order valence-corrected chi connectivity index (χ4v) is 2.53. The second-order valence-electron chi connectivity index (χ2n) is 4.86. The van der Waals surface area contributed by atoms with E-state index < -0.39 is 11.7 Å². The topological polar surface area (TPSA) is 52.3 Å². The predicted molar refractivity (Wildman–Crippen MR) is 68.3 cm³/mol. The monoisotopic (exact) mass is 283 g/mol. The van der Waals surface area contributed by atoms with E-state index in [1.807, 2.05) is 0 Å². The van der Waals surface area contributed by atoms with E-state index in [1.54, 1.807) is 6.92 Å². The molecule has 0 spiro atoms. The summed E-state index contributed by atoms with van der Waals surface area (Å²) in [5, 5.41) is 0.410. The van der Waals surface area contributed by atoms with Crippen LogP contribution in [-0.4, -0.2) is 6.04 Å². The minimum Gasteiger partial charge on any atom is -0.464 e. The number of furan rings is 2. The molecule has 0 bridgehead atoms. The molecule has 3 nitrogen and oxygen atoms in total. The molecular formula is C14H12F3NO2. The molecule has 0 radical (unpaired) electrons. The lowest BCUT2D eigenvalue weighted by Gasteiger charge is -2.13. The minimum absolute atomic E-state index is 0.00981. The van der Waals surface area contributed by atoms with Gasteiger partial charge in [-0.15, -0.1) is 0 Å². The molecule has 0 saturated carbocycles. The Hall–Kier alpha value is -1.95. The Morgan fingerprint density at radius 1 is 1.10 bits per heavy atom. The number of benzene rings is 1. The van der Waals surface area contributed by atoms with E-state index in [2.05, 4.69) is 0 Å². The molecule has 2 aromatic heterocycles. The fourth-order valence-electron chi connectivity index (χ4n) is 2.53. The van der Waals surface area contributed by atoms with Gasteiger partial charge in [0.1, 0.15) is 16.7 Å². The van der Waals surface area contributed by atoms with Gasteiger partial charge < -0.3 is 14.6 Å². The molecule has 6 heteroatoms. The van der Waals surface area contributed by atoms with Crippen molar-refractivity contribution in [1.82, 2.24) is 0 Å². The van der Waals surface area contributed by atoms with Gasteiger partial charge in [-0.1, -0.05) is 0 Å². The number of alkyl halides is 3. The number of nitrogens with two attached hydrogens (primary N) is 1. The van der Waals surface area contributed by atoms with Crippen molar-refractivity contribution in [2.45, 2.75) is 25.6 Å². The van der Waals surface area contributed by atoms with E-state index in [1.165, 1.54) is 24.7 Å². The molecule has 20 heavy (non-hydrogen) atoms. The lowest BCUT2D eigenvalue weighted by atomic mass is 9.97. The molecule has 3 rings (SSSR count). The average Bonchev–Trinajstić information content (AvgIpc) is 2.93. The summed E-state index contributed by atoms with van der Waals surface area (Å²) in [6.45, 7) is 1.79. The molecule has 1 atom stereocenters. The first-order valence-electron chi connectivity index (χ1n) is 6.11. The summed E-state index contributed by atoms with van der Waals surface area (Å²) in [6.07, 6.45) is -1.59. The van der Waals surface area contributed by atoms with E-state index in [-0.39, 0.29) is 22.6 Å². The predicted octanol–water partition coefficient (Wildman–Crippen LogP) is 4.09. The highest BCUT2D eigenvalue weighted by Gasteiger charge is 2.38. The van der Waals surface area contributed by atoms with Gasteiger partial charge >= 0.3 is 6.18 Å². The normalized spacial score (nSPS) is 14.2. The summed E-state index contributed by atoms with van der Waals surface area (Å²) >= 11 is 0. The van der Waals surface area contributed by atoms with Crippen LogP contribution in [-0.2, 0) is 12.6 Å². The van der Waals surface area contributed by atoms with Gasteiger partial charge in [0, 0.05) is 22.4 Å². The number of fused-ring (bicyclic) bond motifs is 2. The standard InChI is InChI=1S/C14H12F3NO2/c1-7(18)6-10-8-2-4-20-13(8)11(14(15,16)17)9-3-5-19-12(9)10/h2-5,7H,6,18H2,1H3/t7-/m1/s1. The van der Waals surface area contributed by atoms with Gasteiger partial charge in [0.2, 0.25) is 0 Å². The van der Waals surface area contributed by atoms with Crippen LogP contribution in [0.25, 0.3) is 21.9 Å². The molecule has 1 aromatic carbocycles. The third kappa shape index (κ3) is 1.87. The maximum absolute atomic E-state index is 13.3. The quantitative estimate of drug-likeness (QED) is 0.770. The van der Waals surface area contributed by atoms with Gasteiger partial charge in [0.15, 0.2) is 0 Å². The molecule has 0 aliphatic heterocycles. The second-order valence-corrected chi connectivity index (χ2v) is 4.86. The Bertz CT molecular complexity index is 716. The highest BCUT2D eigenvalue weighted by atomic mass is 19.4. The van der Waals surface area contributed by atoms with Crippen molar-refractivity contribution in [3.05, 3.63) is 35.8 Å². The van der Waals surface area contributed by atoms with Crippen molar-refractivity contribution in [3.8, 4) is 0 Å². The first kappa shape index (κ1) is 13.1. The third-order valence-electron chi connectivity index (χ3n) is 3.24. The summed E-state index contributed by atoms with van der Waals surface area (Å²) in [7, 11) is 0. The van der Waals surface area contributed by atoms with Crippen LogP contribution < -0.4 is 5.73 Å². The minimum atomic E-state index is -4.51. The molecule has 0 saturated heterocycles. The molecule has 2 heterocycles. The number of rotatable bonds is 2. The van der Waals surface area contributed by atoms with Gasteiger partial charge in [-0.25, -0.2) is 0 Å². The maximum atomic E-state index is 13.3. The Morgan fingerprint density at radius 3 is 2.30 bits per heavy atom. The lowest BCUT2D eigenvalue weighted by Crippen LogP contribution is -2.18. The summed E-state index contributed by atoms with van der Waals surface area (Å²) in [4.78, 5) is 0. The zero-order chi connectivity index (χ0) is 14.5. The summed E-state index contributed by atoms with van der Waals surface area (Å²) in [6, 6.07) is 2.63. The molecular weight excluding hydrogens is 271 g/mol. The van der Waals surface area contributed by atoms with E-state index in [4.69, 9.17) is 14.6 Å². The molecule has 0 fully saturated rings. The maximum Gasteiger partial charge on any atom is 0.420 e. The zero-order valence-corrected chi connectivity index (χ0v) is 10.6. The van der Waals surface area contributed by atoms with Gasteiger partial charge in [0.05, 0.1) is 12.5 Å². The van der Waals surface area contributed by atoms with E-state index in [0.29, 0.717) is 17.4 Å². The highest BCUT2D eigenvalue weighted by molar-refractivity contribution is 6.01. The summed E-state index contributed by atoms with van der Waals surface area (Å²) in [5.41, 5.74) is 5.69. The second kappa shape index (κ2) is 4.28. The Balaban J connectivity index is 2.46. The number of hydrogen-bond donors (Lipinski definition) is 1. The van der Waals surface area contributed by atoms with Crippen molar-refractivity contribution >= 4 is 21.9 Å². The molecule has 2 N–H and O–H groups in total. The molecule has 3 aromatic rings. The third-order valence-corrected chi connectivity index (χ3v) is 3.24. The van der Waals surface area contributed by atoms with Crippen LogP contribution in [0.4, 0.5) is 13.2 Å². The first-order chi connectivity index (χ1) is 9.39. The SMILES string of the molecule is C[C@@H](N)Cc1c2ccoc2c(C(F)(F)F)c2ccoc12. The van der Waals surface area contributed by atoms with Crippen LogP contribution in [0.2, 0.25) is 0 Å². The molecule has 0 amide bonds. The van der Waals surface area contributed by atoms with Crippen LogP contribution in [0, 0.1) is 0 Å². The summed E-state index contributed by atoms with van der Waals surface area (Å²) in [5.74, 6) is 0. The molecule has 0 unspecified atom stereocenters. The Kier molecular flexibility index (Phi) is 2.79. The highest BCUT2D eigenvalue weighted by Crippen LogP contribution is 2.43. The van der Waals surface area contributed by atoms with Crippen molar-refractivity contribution in [2.75, 3.05) is 0 Å². The van der Waals surface area contributed by atoms with E-state index in [0.717, 1.165) is 0 Å². The largest absolute Gasteiger partial charge is 0.464 e. The van der Waals surface area contributed by atoms with Crippen LogP contribution in [0.15, 0.2) is 33.5 Å². The lowest BCUT2D eigenvalue weighted by molar-refractivity contribution is -0.135. The van der Waals surface area contributed by atoms with Crippen molar-refractivity contribution in [3.63, 3.8) is 0 Å². The number of halogens is 3. The van der Waals surface area contributed by atoms with Crippen molar-refractivity contribution in [1.29, 1.82) is 0 Å². The molecule has 106 valence electrons. The molecule has 0 aliphatic carbocycles. The smallest absolute Gasteiger partial charge is 0.420 e. The van der Waals surface area contributed by atoms with E-state index >= 15 is 0 Å².